The molecule has 0 spiro atoms. The highest BCUT2D eigenvalue weighted by molar-refractivity contribution is 7.13. The molecule has 0 bridgehead atoms. The predicted molar refractivity (Wildman–Crippen MR) is 74.3 cm³/mol. The first-order valence-corrected chi connectivity index (χ1v) is 7.47. The van der Waals surface area contributed by atoms with E-state index in [1.165, 1.54) is 43.4 Å². The lowest BCUT2D eigenvalue weighted by molar-refractivity contribution is 0.208. The molecule has 1 fully saturated rings. The fraction of sp³-hybridized carbons (Fsp3) is 0.769. The van der Waals surface area contributed by atoms with E-state index in [1.54, 1.807) is 0 Å². The zero-order chi connectivity index (χ0) is 12.1. The number of anilines is 1. The Kier molecular flexibility index (Phi) is 4.40. The molecule has 3 nitrogen and oxygen atoms in total. The van der Waals surface area contributed by atoms with Crippen LogP contribution >= 0.6 is 11.3 Å². The average molecular weight is 253 g/mol. The number of nitrogen functional groups attached to an aromatic ring is 1. The van der Waals surface area contributed by atoms with Crippen LogP contribution in [0.15, 0.2) is 5.38 Å². The van der Waals surface area contributed by atoms with Crippen molar-refractivity contribution in [3.63, 3.8) is 0 Å². The molecule has 1 aromatic heterocycles. The van der Waals surface area contributed by atoms with Gasteiger partial charge in [0.25, 0.3) is 0 Å². The molecular weight excluding hydrogens is 230 g/mol. The maximum atomic E-state index is 5.61. The first kappa shape index (κ1) is 12.8. The van der Waals surface area contributed by atoms with Gasteiger partial charge in [0.05, 0.1) is 5.69 Å². The predicted octanol–water partition coefficient (Wildman–Crippen LogP) is 2.83. The summed E-state index contributed by atoms with van der Waals surface area (Å²) in [5.74, 6) is 0. The fourth-order valence-electron chi connectivity index (χ4n) is 2.63. The standard InChI is InChI=1S/C13H23N3S/c1-13(6-3-2-4-7-13)10-15-8-5-11-9-17-12(14)16-11/h9,15H,2-8,10H2,1H3,(H2,14,16). The third-order valence-electron chi connectivity index (χ3n) is 3.74. The van der Waals surface area contributed by atoms with E-state index in [2.05, 4.69) is 22.6 Å². The molecule has 1 saturated carbocycles. The van der Waals surface area contributed by atoms with Crippen molar-refractivity contribution in [1.82, 2.24) is 10.3 Å². The van der Waals surface area contributed by atoms with Crippen molar-refractivity contribution in [1.29, 1.82) is 0 Å². The molecule has 0 unspecified atom stereocenters. The van der Waals surface area contributed by atoms with Crippen LogP contribution in [0.2, 0.25) is 0 Å². The van der Waals surface area contributed by atoms with Gasteiger partial charge >= 0.3 is 0 Å². The van der Waals surface area contributed by atoms with Crippen LogP contribution in [-0.2, 0) is 6.42 Å². The summed E-state index contributed by atoms with van der Waals surface area (Å²) in [5.41, 5.74) is 7.25. The number of rotatable bonds is 5. The van der Waals surface area contributed by atoms with Crippen LogP contribution in [-0.4, -0.2) is 18.1 Å². The second-order valence-electron chi connectivity index (χ2n) is 5.48. The van der Waals surface area contributed by atoms with E-state index < -0.39 is 0 Å². The van der Waals surface area contributed by atoms with Crippen molar-refractivity contribution < 1.29 is 0 Å². The number of nitrogens with one attached hydrogen (secondary N) is 1. The van der Waals surface area contributed by atoms with E-state index in [0.717, 1.165) is 25.2 Å². The molecule has 4 heteroatoms. The molecule has 0 radical (unpaired) electrons. The molecule has 1 aromatic rings. The minimum Gasteiger partial charge on any atom is -0.375 e. The van der Waals surface area contributed by atoms with Gasteiger partial charge in [-0.05, 0) is 18.3 Å². The van der Waals surface area contributed by atoms with Gasteiger partial charge in [0.1, 0.15) is 0 Å². The molecular formula is C13H23N3S. The zero-order valence-electron chi connectivity index (χ0n) is 10.7. The van der Waals surface area contributed by atoms with Crippen LogP contribution in [0, 0.1) is 5.41 Å². The third-order valence-corrected chi connectivity index (χ3v) is 4.46. The maximum Gasteiger partial charge on any atom is 0.180 e. The average Bonchev–Trinajstić information content (AvgIpc) is 2.72. The Labute approximate surface area is 108 Å². The number of aromatic nitrogens is 1. The van der Waals surface area contributed by atoms with Crippen LogP contribution in [0.4, 0.5) is 5.13 Å². The van der Waals surface area contributed by atoms with Crippen molar-refractivity contribution in [3.8, 4) is 0 Å². The summed E-state index contributed by atoms with van der Waals surface area (Å²) in [6, 6.07) is 0. The second kappa shape index (κ2) is 5.83. The van der Waals surface area contributed by atoms with E-state index in [1.807, 2.05) is 0 Å². The highest BCUT2D eigenvalue weighted by Gasteiger charge is 2.25. The van der Waals surface area contributed by atoms with Gasteiger partial charge in [-0.2, -0.15) is 0 Å². The Balaban J connectivity index is 1.65. The van der Waals surface area contributed by atoms with Gasteiger partial charge in [-0.25, -0.2) is 4.98 Å². The monoisotopic (exact) mass is 253 g/mol. The van der Waals surface area contributed by atoms with Crippen LogP contribution in [0.5, 0.6) is 0 Å². The molecule has 1 aliphatic rings. The van der Waals surface area contributed by atoms with Gasteiger partial charge in [-0.15, -0.1) is 11.3 Å². The fourth-order valence-corrected chi connectivity index (χ4v) is 3.22. The lowest BCUT2D eigenvalue weighted by Crippen LogP contribution is -2.34. The van der Waals surface area contributed by atoms with E-state index in [4.69, 9.17) is 5.73 Å². The highest BCUT2D eigenvalue weighted by Crippen LogP contribution is 2.34. The van der Waals surface area contributed by atoms with Gasteiger partial charge in [0.15, 0.2) is 5.13 Å². The van der Waals surface area contributed by atoms with E-state index in [-0.39, 0.29) is 0 Å². The molecule has 2 rings (SSSR count). The topological polar surface area (TPSA) is 50.9 Å². The van der Waals surface area contributed by atoms with Crippen molar-refractivity contribution in [2.75, 3.05) is 18.8 Å². The summed E-state index contributed by atoms with van der Waals surface area (Å²) in [4.78, 5) is 4.27. The summed E-state index contributed by atoms with van der Waals surface area (Å²) >= 11 is 1.53. The molecule has 0 atom stereocenters. The van der Waals surface area contributed by atoms with Crippen molar-refractivity contribution in [2.45, 2.75) is 45.4 Å². The molecule has 0 aromatic carbocycles. The quantitative estimate of drug-likeness (QED) is 0.793. The van der Waals surface area contributed by atoms with E-state index in [0.29, 0.717) is 10.5 Å². The van der Waals surface area contributed by atoms with Crippen LogP contribution in [0.3, 0.4) is 0 Å². The summed E-state index contributed by atoms with van der Waals surface area (Å²) in [7, 11) is 0. The zero-order valence-corrected chi connectivity index (χ0v) is 11.5. The number of nitrogens with zero attached hydrogens (tertiary/aromatic N) is 1. The van der Waals surface area contributed by atoms with Crippen molar-refractivity contribution >= 4 is 16.5 Å². The smallest absolute Gasteiger partial charge is 0.180 e. The third kappa shape index (κ3) is 3.96. The van der Waals surface area contributed by atoms with E-state index >= 15 is 0 Å². The van der Waals surface area contributed by atoms with Gasteiger partial charge in [-0.1, -0.05) is 26.2 Å². The largest absolute Gasteiger partial charge is 0.375 e. The Morgan fingerprint density at radius 1 is 1.41 bits per heavy atom. The lowest BCUT2D eigenvalue weighted by Gasteiger charge is -2.33. The SMILES string of the molecule is CC1(CNCCc2csc(N)n2)CCCCC1. The Hall–Kier alpha value is -0.610. The van der Waals surface area contributed by atoms with Crippen LogP contribution in [0.1, 0.15) is 44.7 Å². The van der Waals surface area contributed by atoms with Gasteiger partial charge in [0.2, 0.25) is 0 Å². The maximum absolute atomic E-state index is 5.61. The molecule has 1 heterocycles. The second-order valence-corrected chi connectivity index (χ2v) is 6.36. The lowest BCUT2D eigenvalue weighted by atomic mass is 9.76. The first-order valence-electron chi connectivity index (χ1n) is 6.59. The number of hydrogen-bond acceptors (Lipinski definition) is 4. The summed E-state index contributed by atoms with van der Waals surface area (Å²) < 4.78 is 0. The minimum absolute atomic E-state index is 0.527. The highest BCUT2D eigenvalue weighted by atomic mass is 32.1. The summed E-state index contributed by atoms with van der Waals surface area (Å²) in [6.45, 7) is 4.57. The minimum atomic E-state index is 0.527. The van der Waals surface area contributed by atoms with Gasteiger partial charge < -0.3 is 11.1 Å². The number of hydrogen-bond donors (Lipinski definition) is 2. The molecule has 3 N–H and O–H groups in total. The molecule has 0 aliphatic heterocycles. The van der Waals surface area contributed by atoms with Gasteiger partial charge in [0, 0.05) is 24.9 Å². The Morgan fingerprint density at radius 2 is 2.18 bits per heavy atom. The molecule has 1 aliphatic carbocycles. The first-order chi connectivity index (χ1) is 8.18. The Bertz CT molecular complexity index is 342. The van der Waals surface area contributed by atoms with Gasteiger partial charge in [-0.3, -0.25) is 0 Å². The molecule has 0 saturated heterocycles. The molecule has 17 heavy (non-hydrogen) atoms. The molecule has 96 valence electrons. The van der Waals surface area contributed by atoms with Crippen molar-refractivity contribution in [3.05, 3.63) is 11.1 Å². The number of thiazole rings is 1. The van der Waals surface area contributed by atoms with Crippen LogP contribution in [0.25, 0.3) is 0 Å². The number of nitrogens with two attached hydrogens (primary N) is 1. The summed E-state index contributed by atoms with van der Waals surface area (Å²) in [6.07, 6.45) is 7.98. The Morgan fingerprint density at radius 3 is 2.82 bits per heavy atom. The van der Waals surface area contributed by atoms with Crippen molar-refractivity contribution in [2.24, 2.45) is 5.41 Å². The normalized spacial score (nSPS) is 19.4. The molecule has 0 amide bonds. The summed E-state index contributed by atoms with van der Waals surface area (Å²) in [5, 5.41) is 6.31. The van der Waals surface area contributed by atoms with E-state index in [9.17, 15) is 0 Å². The van der Waals surface area contributed by atoms with Crippen LogP contribution < -0.4 is 11.1 Å².